The van der Waals surface area contributed by atoms with Crippen LogP contribution in [-0.2, 0) is 0 Å². The van der Waals surface area contributed by atoms with E-state index < -0.39 is 11.8 Å². The third-order valence-electron chi connectivity index (χ3n) is 1.04. The maximum atomic E-state index is 8.74. The smallest absolute Gasteiger partial charge is 0.219 e. The molecule has 0 bridgehead atoms. The fourth-order valence-electron chi connectivity index (χ4n) is 0.599. The first-order valence-electron chi connectivity index (χ1n) is 3.60. The molecule has 0 aromatic rings. The van der Waals surface area contributed by atoms with Gasteiger partial charge in [0.1, 0.15) is 0 Å². The van der Waals surface area contributed by atoms with Gasteiger partial charge in [-0.1, -0.05) is 0 Å². The Labute approximate surface area is 70.8 Å². The normalized spacial score (nSPS) is 13.5. The summed E-state index contributed by atoms with van der Waals surface area (Å²) in [5.74, 6) is -3.86. The molecule has 0 heterocycles. The second-order valence-electron chi connectivity index (χ2n) is 2.90. The summed E-state index contributed by atoms with van der Waals surface area (Å²) in [6.07, 6.45) is 0. The van der Waals surface area contributed by atoms with Gasteiger partial charge >= 0.3 is 0 Å². The number of hydrogen-bond donors (Lipinski definition) is 6. The van der Waals surface area contributed by atoms with Gasteiger partial charge in [-0.25, -0.2) is 0 Å². The Hall–Kier alpha value is -0.240. The maximum Gasteiger partial charge on any atom is 0.219 e. The van der Waals surface area contributed by atoms with Crippen LogP contribution in [0.3, 0.4) is 0 Å². The first-order chi connectivity index (χ1) is 5.21. The second kappa shape index (κ2) is 4.13. The zero-order chi connectivity index (χ0) is 9.83. The highest BCUT2D eigenvalue weighted by Gasteiger charge is 2.15. The Morgan fingerprint density at radius 3 is 1.25 bits per heavy atom. The average Bonchev–Trinajstić information content (AvgIpc) is 1.76. The second-order valence-corrected chi connectivity index (χ2v) is 2.90. The molecule has 0 fully saturated rings. The summed E-state index contributed by atoms with van der Waals surface area (Å²) < 4.78 is 0. The van der Waals surface area contributed by atoms with Crippen LogP contribution >= 0.6 is 0 Å². The standard InChI is InChI=1S/C6H16N2O4/c1-5(9,10)7-3-4-8-6(2,11)12/h7-12H,3-4H2,1-2H3. The Kier molecular flexibility index (Phi) is 4.04. The topological polar surface area (TPSA) is 105 Å². The van der Waals surface area contributed by atoms with Crippen LogP contribution in [0.1, 0.15) is 13.8 Å². The molecule has 0 aromatic carbocycles. The molecule has 0 saturated carbocycles. The van der Waals surface area contributed by atoms with Crippen LogP contribution in [-0.4, -0.2) is 45.3 Å². The van der Waals surface area contributed by atoms with Gasteiger partial charge in [0, 0.05) is 26.9 Å². The molecule has 12 heavy (non-hydrogen) atoms. The van der Waals surface area contributed by atoms with Gasteiger partial charge in [0.25, 0.3) is 0 Å². The van der Waals surface area contributed by atoms with Crippen molar-refractivity contribution in [3.63, 3.8) is 0 Å². The summed E-state index contributed by atoms with van der Waals surface area (Å²) in [6, 6.07) is 0. The molecule has 0 atom stereocenters. The van der Waals surface area contributed by atoms with E-state index in [1.807, 2.05) is 0 Å². The van der Waals surface area contributed by atoms with Crippen LogP contribution in [0.4, 0.5) is 0 Å². The zero-order valence-electron chi connectivity index (χ0n) is 7.20. The lowest BCUT2D eigenvalue weighted by molar-refractivity contribution is -0.179. The molecule has 0 amide bonds. The molecule has 6 heteroatoms. The lowest BCUT2D eigenvalue weighted by Crippen LogP contribution is -2.49. The predicted octanol–water partition coefficient (Wildman–Crippen LogP) is -2.52. The summed E-state index contributed by atoms with van der Waals surface area (Å²) >= 11 is 0. The maximum absolute atomic E-state index is 8.74. The highest BCUT2D eigenvalue weighted by Crippen LogP contribution is 1.89. The molecule has 0 saturated heterocycles. The number of aliphatic hydroxyl groups is 4. The summed E-state index contributed by atoms with van der Waals surface area (Å²) in [5, 5.41) is 39.6. The van der Waals surface area contributed by atoms with E-state index in [1.54, 1.807) is 0 Å². The Bertz CT molecular complexity index is 110. The molecule has 0 radical (unpaired) electrons. The van der Waals surface area contributed by atoms with Gasteiger partial charge < -0.3 is 20.4 Å². The fourth-order valence-corrected chi connectivity index (χ4v) is 0.599. The zero-order valence-corrected chi connectivity index (χ0v) is 7.20. The van der Waals surface area contributed by atoms with Gasteiger partial charge in [0.15, 0.2) is 0 Å². The van der Waals surface area contributed by atoms with Gasteiger partial charge in [0.2, 0.25) is 11.8 Å². The van der Waals surface area contributed by atoms with Crippen molar-refractivity contribution >= 4 is 0 Å². The van der Waals surface area contributed by atoms with E-state index in [0.29, 0.717) is 0 Å². The predicted molar refractivity (Wildman–Crippen MR) is 41.7 cm³/mol. The minimum atomic E-state index is -1.93. The summed E-state index contributed by atoms with van der Waals surface area (Å²) in [4.78, 5) is 0. The van der Waals surface area contributed by atoms with Gasteiger partial charge in [-0.3, -0.25) is 10.6 Å². The number of hydrogen-bond acceptors (Lipinski definition) is 6. The highest BCUT2D eigenvalue weighted by atomic mass is 16.5. The molecular formula is C6H16N2O4. The van der Waals surface area contributed by atoms with Crippen molar-refractivity contribution in [1.29, 1.82) is 0 Å². The molecule has 6 N–H and O–H groups in total. The minimum absolute atomic E-state index is 0.209. The van der Waals surface area contributed by atoms with E-state index in [-0.39, 0.29) is 13.1 Å². The SMILES string of the molecule is CC(O)(O)NCCNC(C)(O)O. The van der Waals surface area contributed by atoms with Gasteiger partial charge in [-0.2, -0.15) is 0 Å². The van der Waals surface area contributed by atoms with Crippen molar-refractivity contribution in [2.75, 3.05) is 13.1 Å². The molecule has 6 nitrogen and oxygen atoms in total. The molecule has 0 rings (SSSR count). The lowest BCUT2D eigenvalue weighted by Gasteiger charge is -2.20. The van der Waals surface area contributed by atoms with Gasteiger partial charge in [-0.05, 0) is 0 Å². The molecule has 0 unspecified atom stereocenters. The molecule has 0 aromatic heterocycles. The van der Waals surface area contributed by atoms with Crippen LogP contribution in [0.5, 0.6) is 0 Å². The monoisotopic (exact) mass is 180 g/mol. The average molecular weight is 180 g/mol. The van der Waals surface area contributed by atoms with Crippen LogP contribution in [0.25, 0.3) is 0 Å². The summed E-state index contributed by atoms with van der Waals surface area (Å²) in [7, 11) is 0. The number of rotatable bonds is 5. The van der Waals surface area contributed by atoms with E-state index >= 15 is 0 Å². The number of nitrogens with one attached hydrogen (secondary N) is 2. The van der Waals surface area contributed by atoms with Crippen LogP contribution in [0, 0.1) is 0 Å². The summed E-state index contributed by atoms with van der Waals surface area (Å²) in [5.41, 5.74) is 0. The quantitative estimate of drug-likeness (QED) is 0.206. The van der Waals surface area contributed by atoms with Crippen molar-refractivity contribution < 1.29 is 20.4 Å². The molecular weight excluding hydrogens is 164 g/mol. The van der Waals surface area contributed by atoms with Crippen LogP contribution in [0.15, 0.2) is 0 Å². The van der Waals surface area contributed by atoms with Crippen molar-refractivity contribution in [2.45, 2.75) is 25.7 Å². The Morgan fingerprint density at radius 1 is 0.833 bits per heavy atom. The minimum Gasteiger partial charge on any atom is -0.354 e. The first-order valence-corrected chi connectivity index (χ1v) is 3.60. The molecule has 0 aliphatic rings. The first kappa shape index (κ1) is 11.8. The molecule has 0 aliphatic carbocycles. The van der Waals surface area contributed by atoms with Gasteiger partial charge in [0.05, 0.1) is 0 Å². The third-order valence-corrected chi connectivity index (χ3v) is 1.04. The Morgan fingerprint density at radius 2 is 1.08 bits per heavy atom. The van der Waals surface area contributed by atoms with E-state index in [9.17, 15) is 0 Å². The van der Waals surface area contributed by atoms with Crippen molar-refractivity contribution in [2.24, 2.45) is 0 Å². The highest BCUT2D eigenvalue weighted by molar-refractivity contribution is 4.59. The molecule has 74 valence electrons. The third kappa shape index (κ3) is 9.76. The molecule has 0 spiro atoms. The van der Waals surface area contributed by atoms with E-state index in [1.165, 1.54) is 13.8 Å². The van der Waals surface area contributed by atoms with E-state index in [4.69, 9.17) is 20.4 Å². The van der Waals surface area contributed by atoms with E-state index in [2.05, 4.69) is 10.6 Å². The Balaban J connectivity index is 3.35. The lowest BCUT2D eigenvalue weighted by atomic mass is 10.4. The van der Waals surface area contributed by atoms with Crippen LogP contribution < -0.4 is 10.6 Å². The molecule has 0 aliphatic heterocycles. The van der Waals surface area contributed by atoms with E-state index in [0.717, 1.165) is 0 Å². The fraction of sp³-hybridized carbons (Fsp3) is 1.00. The van der Waals surface area contributed by atoms with Crippen LogP contribution in [0.2, 0.25) is 0 Å². The van der Waals surface area contributed by atoms with Crippen molar-refractivity contribution in [3.05, 3.63) is 0 Å². The van der Waals surface area contributed by atoms with Crippen molar-refractivity contribution in [3.8, 4) is 0 Å². The summed E-state index contributed by atoms with van der Waals surface area (Å²) in [6.45, 7) is 2.76. The van der Waals surface area contributed by atoms with Crippen molar-refractivity contribution in [1.82, 2.24) is 10.6 Å². The largest absolute Gasteiger partial charge is 0.354 e. The van der Waals surface area contributed by atoms with Gasteiger partial charge in [-0.15, -0.1) is 0 Å².